The SMILES string of the molecule is CC=Cn1nc(-c2ccc(S(C)(=O)=O)cc2)c(-c2ccc(OC)c(F)c2)c1C#N. The highest BCUT2D eigenvalue weighted by Crippen LogP contribution is 2.36. The third kappa shape index (κ3) is 3.91. The summed E-state index contributed by atoms with van der Waals surface area (Å²) in [5.74, 6) is -0.474. The smallest absolute Gasteiger partial charge is 0.175 e. The molecule has 0 aliphatic heterocycles. The monoisotopic (exact) mass is 411 g/mol. The molecule has 3 aromatic rings. The number of hydrogen-bond acceptors (Lipinski definition) is 5. The minimum atomic E-state index is -3.35. The van der Waals surface area contributed by atoms with Crippen molar-refractivity contribution in [1.29, 1.82) is 5.26 Å². The van der Waals surface area contributed by atoms with Crippen molar-refractivity contribution in [1.82, 2.24) is 9.78 Å². The van der Waals surface area contributed by atoms with E-state index >= 15 is 0 Å². The molecular formula is C21H18FN3O3S. The lowest BCUT2D eigenvalue weighted by molar-refractivity contribution is 0.386. The zero-order valence-electron chi connectivity index (χ0n) is 16.0. The van der Waals surface area contributed by atoms with E-state index in [1.807, 2.05) is 0 Å². The highest BCUT2D eigenvalue weighted by molar-refractivity contribution is 7.90. The van der Waals surface area contributed by atoms with Gasteiger partial charge in [-0.15, -0.1) is 0 Å². The van der Waals surface area contributed by atoms with Crippen LogP contribution in [-0.4, -0.2) is 31.6 Å². The normalized spacial score (nSPS) is 11.6. The molecule has 0 radical (unpaired) electrons. The average Bonchev–Trinajstić information content (AvgIpc) is 3.06. The number of benzene rings is 2. The lowest BCUT2D eigenvalue weighted by Crippen LogP contribution is -1.96. The van der Waals surface area contributed by atoms with Gasteiger partial charge in [0, 0.05) is 23.6 Å². The molecular weight excluding hydrogens is 393 g/mol. The fourth-order valence-electron chi connectivity index (χ4n) is 2.95. The van der Waals surface area contributed by atoms with Gasteiger partial charge in [0.2, 0.25) is 0 Å². The number of nitriles is 1. The zero-order valence-corrected chi connectivity index (χ0v) is 16.9. The second kappa shape index (κ2) is 7.89. The molecule has 3 rings (SSSR count). The Kier molecular flexibility index (Phi) is 5.52. The van der Waals surface area contributed by atoms with E-state index in [2.05, 4.69) is 11.2 Å². The van der Waals surface area contributed by atoms with Crippen LogP contribution in [-0.2, 0) is 9.84 Å². The second-order valence-corrected chi connectivity index (χ2v) is 8.27. The standard InChI is InChI=1S/C21H18FN3O3S/c1-4-11-25-18(13-23)20(15-7-10-19(28-2)17(22)12-15)21(24-25)14-5-8-16(9-6-14)29(3,26)27/h4-12H,1-3H3. The Morgan fingerprint density at radius 3 is 2.34 bits per heavy atom. The van der Waals surface area contributed by atoms with Crippen molar-refractivity contribution in [3.8, 4) is 34.2 Å². The van der Waals surface area contributed by atoms with Crippen molar-refractivity contribution in [3.05, 3.63) is 60.1 Å². The lowest BCUT2D eigenvalue weighted by atomic mass is 9.99. The Balaban J connectivity index is 2.27. The third-order valence-corrected chi connectivity index (χ3v) is 5.43. The fraction of sp³-hybridized carbons (Fsp3) is 0.143. The predicted molar refractivity (Wildman–Crippen MR) is 108 cm³/mol. The highest BCUT2D eigenvalue weighted by Gasteiger charge is 2.21. The van der Waals surface area contributed by atoms with E-state index in [-0.39, 0.29) is 16.3 Å². The summed E-state index contributed by atoms with van der Waals surface area (Å²) >= 11 is 0. The van der Waals surface area contributed by atoms with Crippen molar-refractivity contribution in [3.63, 3.8) is 0 Å². The van der Waals surface area contributed by atoms with E-state index in [0.29, 0.717) is 22.4 Å². The Morgan fingerprint density at radius 2 is 1.83 bits per heavy atom. The second-order valence-electron chi connectivity index (χ2n) is 6.26. The fourth-order valence-corrected chi connectivity index (χ4v) is 3.58. The van der Waals surface area contributed by atoms with Crippen LogP contribution < -0.4 is 4.74 Å². The van der Waals surface area contributed by atoms with Gasteiger partial charge in [-0.3, -0.25) is 0 Å². The molecule has 148 valence electrons. The summed E-state index contributed by atoms with van der Waals surface area (Å²) in [4.78, 5) is 0.173. The number of nitrogens with zero attached hydrogens (tertiary/aromatic N) is 3. The van der Waals surface area contributed by atoms with Crippen LogP contribution in [0.3, 0.4) is 0 Å². The van der Waals surface area contributed by atoms with Crippen LogP contribution in [0.2, 0.25) is 0 Å². The first-order valence-corrected chi connectivity index (χ1v) is 10.5. The Hall–Kier alpha value is -3.44. The van der Waals surface area contributed by atoms with Crippen molar-refractivity contribution in [2.75, 3.05) is 13.4 Å². The van der Waals surface area contributed by atoms with E-state index in [9.17, 15) is 18.1 Å². The summed E-state index contributed by atoms with van der Waals surface area (Å²) in [6, 6.07) is 12.7. The Bertz CT molecular complexity index is 1240. The van der Waals surface area contributed by atoms with Crippen LogP contribution in [0, 0.1) is 17.1 Å². The minimum absolute atomic E-state index is 0.0900. The molecule has 0 saturated carbocycles. The van der Waals surface area contributed by atoms with Crippen molar-refractivity contribution < 1.29 is 17.5 Å². The lowest BCUT2D eigenvalue weighted by Gasteiger charge is -2.07. The summed E-state index contributed by atoms with van der Waals surface area (Å²) in [7, 11) is -1.97. The van der Waals surface area contributed by atoms with E-state index in [4.69, 9.17) is 4.74 Å². The zero-order chi connectivity index (χ0) is 21.2. The number of allylic oxidation sites excluding steroid dienone is 1. The molecule has 0 saturated heterocycles. The van der Waals surface area contributed by atoms with Crippen LogP contribution in [0.4, 0.5) is 4.39 Å². The van der Waals surface area contributed by atoms with E-state index < -0.39 is 15.7 Å². The van der Waals surface area contributed by atoms with Gasteiger partial charge in [0.1, 0.15) is 11.8 Å². The molecule has 0 aliphatic rings. The van der Waals surface area contributed by atoms with Crippen LogP contribution in [0.1, 0.15) is 12.6 Å². The van der Waals surface area contributed by atoms with Crippen molar-refractivity contribution >= 4 is 16.0 Å². The van der Waals surface area contributed by atoms with Crippen molar-refractivity contribution in [2.45, 2.75) is 11.8 Å². The topological polar surface area (TPSA) is 85.0 Å². The highest BCUT2D eigenvalue weighted by atomic mass is 32.2. The van der Waals surface area contributed by atoms with Gasteiger partial charge in [0.15, 0.2) is 27.1 Å². The van der Waals surface area contributed by atoms with Gasteiger partial charge >= 0.3 is 0 Å². The molecule has 1 aromatic heterocycles. The van der Waals surface area contributed by atoms with Gasteiger partial charge in [-0.25, -0.2) is 17.5 Å². The van der Waals surface area contributed by atoms with E-state index in [1.54, 1.807) is 37.4 Å². The summed E-state index contributed by atoms with van der Waals surface area (Å²) in [6.45, 7) is 1.79. The number of ether oxygens (including phenoxy) is 1. The molecule has 0 fully saturated rings. The van der Waals surface area contributed by atoms with Crippen molar-refractivity contribution in [2.24, 2.45) is 0 Å². The number of halogens is 1. The first-order valence-electron chi connectivity index (χ1n) is 8.60. The number of aromatic nitrogens is 2. The summed E-state index contributed by atoms with van der Waals surface area (Å²) < 4.78 is 44.2. The average molecular weight is 411 g/mol. The maximum Gasteiger partial charge on any atom is 0.175 e. The summed E-state index contributed by atoms with van der Waals surface area (Å²) in [6.07, 6.45) is 4.47. The Morgan fingerprint density at radius 1 is 1.17 bits per heavy atom. The molecule has 2 aromatic carbocycles. The molecule has 0 atom stereocenters. The molecule has 0 spiro atoms. The maximum absolute atomic E-state index is 14.3. The van der Waals surface area contributed by atoms with Gasteiger partial charge < -0.3 is 4.74 Å². The van der Waals surface area contributed by atoms with Gasteiger partial charge in [0.05, 0.1) is 12.0 Å². The van der Waals surface area contributed by atoms with Crippen LogP contribution in [0.15, 0.2) is 53.4 Å². The molecule has 6 nitrogen and oxygen atoms in total. The molecule has 0 N–H and O–H groups in total. The first-order chi connectivity index (χ1) is 13.8. The van der Waals surface area contributed by atoms with E-state index in [1.165, 1.54) is 36.1 Å². The van der Waals surface area contributed by atoms with E-state index in [0.717, 1.165) is 6.26 Å². The predicted octanol–water partition coefficient (Wildman–Crippen LogP) is 4.13. The number of rotatable bonds is 5. The third-order valence-electron chi connectivity index (χ3n) is 4.30. The van der Waals surface area contributed by atoms with Crippen LogP contribution >= 0.6 is 0 Å². The summed E-state index contributed by atoms with van der Waals surface area (Å²) in [5, 5.41) is 14.2. The van der Waals surface area contributed by atoms with Crippen LogP contribution in [0.5, 0.6) is 5.75 Å². The molecule has 0 unspecified atom stereocenters. The molecule has 1 heterocycles. The van der Waals surface area contributed by atoms with Gasteiger partial charge in [0.25, 0.3) is 0 Å². The minimum Gasteiger partial charge on any atom is -0.494 e. The summed E-state index contributed by atoms with van der Waals surface area (Å²) in [5.41, 5.74) is 2.17. The van der Waals surface area contributed by atoms with Gasteiger partial charge in [-0.05, 0) is 36.8 Å². The molecule has 0 bridgehead atoms. The molecule has 29 heavy (non-hydrogen) atoms. The first kappa shape index (κ1) is 20.3. The van der Waals surface area contributed by atoms with Gasteiger partial charge in [-0.1, -0.05) is 24.3 Å². The molecule has 0 amide bonds. The maximum atomic E-state index is 14.3. The Labute approximate surface area is 168 Å². The quantitative estimate of drug-likeness (QED) is 0.630. The number of hydrogen-bond donors (Lipinski definition) is 0. The molecule has 0 aliphatic carbocycles. The van der Waals surface area contributed by atoms with Crippen LogP contribution in [0.25, 0.3) is 28.6 Å². The van der Waals surface area contributed by atoms with Gasteiger partial charge in [-0.2, -0.15) is 10.4 Å². The molecule has 8 heteroatoms. The largest absolute Gasteiger partial charge is 0.494 e. The number of methoxy groups -OCH3 is 1. The number of sulfone groups is 1.